The van der Waals surface area contributed by atoms with Gasteiger partial charge in [0.15, 0.2) is 0 Å². The molecule has 4 nitrogen and oxygen atoms in total. The van der Waals surface area contributed by atoms with Crippen molar-refractivity contribution in [1.82, 2.24) is 4.72 Å². The Morgan fingerprint density at radius 2 is 2.31 bits per heavy atom. The van der Waals surface area contributed by atoms with E-state index >= 15 is 0 Å². The summed E-state index contributed by atoms with van der Waals surface area (Å²) >= 11 is 1.41. The van der Waals surface area contributed by atoms with Gasteiger partial charge in [-0.25, -0.2) is 0 Å². The van der Waals surface area contributed by atoms with Gasteiger partial charge in [0.2, 0.25) is 0 Å². The zero-order valence-electron chi connectivity index (χ0n) is 8.21. The monoisotopic (exact) mass is 206 g/mol. The number of nitrogens with two attached hydrogens (primary N) is 1. The zero-order valence-corrected chi connectivity index (χ0v) is 9.02. The van der Waals surface area contributed by atoms with Crippen LogP contribution in [0.4, 0.5) is 0 Å². The fourth-order valence-electron chi connectivity index (χ4n) is 0.735. The van der Waals surface area contributed by atoms with Gasteiger partial charge >= 0.3 is 5.97 Å². The van der Waals surface area contributed by atoms with Crippen molar-refractivity contribution in [1.29, 1.82) is 0 Å². The Bertz CT molecular complexity index is 144. The summed E-state index contributed by atoms with van der Waals surface area (Å²) in [6.07, 6.45) is 0.765. The molecule has 0 aromatic heterocycles. The summed E-state index contributed by atoms with van der Waals surface area (Å²) in [4.78, 5) is 11.3. The lowest BCUT2D eigenvalue weighted by molar-refractivity contribution is -0.142. The average Bonchev–Trinajstić information content (AvgIpc) is 2.16. The molecule has 0 aliphatic carbocycles. The van der Waals surface area contributed by atoms with Gasteiger partial charge in [0.25, 0.3) is 0 Å². The number of hydrogen-bond acceptors (Lipinski definition) is 5. The van der Waals surface area contributed by atoms with Crippen molar-refractivity contribution in [3.63, 3.8) is 0 Å². The predicted octanol–water partition coefficient (Wildman–Crippen LogP) is 0.525. The third-order valence-corrected chi connectivity index (χ3v) is 2.63. The van der Waals surface area contributed by atoms with Crippen molar-refractivity contribution < 1.29 is 9.53 Å². The third kappa shape index (κ3) is 5.90. The summed E-state index contributed by atoms with van der Waals surface area (Å²) < 4.78 is 7.96. The van der Waals surface area contributed by atoms with Crippen molar-refractivity contribution in [3.8, 4) is 0 Å². The molecule has 0 fully saturated rings. The molecule has 0 aromatic carbocycles. The Kier molecular flexibility index (Phi) is 8.18. The molecule has 3 N–H and O–H groups in total. The van der Waals surface area contributed by atoms with Crippen molar-refractivity contribution in [3.05, 3.63) is 0 Å². The Labute approximate surface area is 83.7 Å². The predicted molar refractivity (Wildman–Crippen MR) is 55.4 cm³/mol. The third-order valence-electron chi connectivity index (χ3n) is 1.37. The maximum Gasteiger partial charge on any atom is 0.320 e. The summed E-state index contributed by atoms with van der Waals surface area (Å²) in [6, 6.07) is 0. The quantitative estimate of drug-likeness (QED) is 0.470. The standard InChI is InChI=1S/C8H18N2O2S/c1-3-7(13-10-4-2)8(11)12-6-5-9/h7,10H,3-6,9H2,1-2H3. The van der Waals surface area contributed by atoms with Crippen LogP contribution in [-0.2, 0) is 9.53 Å². The molecule has 78 valence electrons. The highest BCUT2D eigenvalue weighted by Gasteiger charge is 2.17. The maximum atomic E-state index is 11.3. The number of ether oxygens (including phenoxy) is 1. The Balaban J connectivity index is 3.71. The largest absolute Gasteiger partial charge is 0.463 e. The van der Waals surface area contributed by atoms with E-state index < -0.39 is 0 Å². The summed E-state index contributed by atoms with van der Waals surface area (Å²) in [6.45, 7) is 5.48. The molecular weight excluding hydrogens is 188 g/mol. The number of carbonyl (C=O) groups is 1. The second-order valence-electron chi connectivity index (χ2n) is 2.47. The van der Waals surface area contributed by atoms with Gasteiger partial charge in [-0.15, -0.1) is 0 Å². The van der Waals surface area contributed by atoms with Crippen LogP contribution in [0.1, 0.15) is 20.3 Å². The molecule has 13 heavy (non-hydrogen) atoms. The molecule has 0 amide bonds. The fourth-order valence-corrected chi connectivity index (χ4v) is 1.43. The number of nitrogens with one attached hydrogen (secondary N) is 1. The minimum atomic E-state index is -0.182. The lowest BCUT2D eigenvalue weighted by Gasteiger charge is -2.12. The van der Waals surface area contributed by atoms with Crippen LogP contribution in [-0.4, -0.2) is 30.9 Å². The maximum absolute atomic E-state index is 11.3. The molecule has 0 heterocycles. The topological polar surface area (TPSA) is 64.3 Å². The molecule has 0 bridgehead atoms. The molecule has 0 spiro atoms. The van der Waals surface area contributed by atoms with Gasteiger partial charge in [-0.05, 0) is 6.42 Å². The molecule has 1 unspecified atom stereocenters. The molecule has 5 heteroatoms. The first-order chi connectivity index (χ1) is 6.26. The second-order valence-corrected chi connectivity index (χ2v) is 3.56. The van der Waals surface area contributed by atoms with Gasteiger partial charge in [-0.1, -0.05) is 25.8 Å². The molecular formula is C8H18N2O2S. The van der Waals surface area contributed by atoms with E-state index in [1.807, 2.05) is 13.8 Å². The van der Waals surface area contributed by atoms with Gasteiger partial charge in [-0.2, -0.15) is 0 Å². The SMILES string of the molecule is CCNSC(CC)C(=O)OCCN. The highest BCUT2D eigenvalue weighted by atomic mass is 32.2. The van der Waals surface area contributed by atoms with E-state index in [-0.39, 0.29) is 11.2 Å². The highest BCUT2D eigenvalue weighted by Crippen LogP contribution is 2.11. The van der Waals surface area contributed by atoms with E-state index in [0.29, 0.717) is 13.2 Å². The summed E-state index contributed by atoms with van der Waals surface area (Å²) in [7, 11) is 0. The lowest BCUT2D eigenvalue weighted by Crippen LogP contribution is -2.25. The number of esters is 1. The Hall–Kier alpha value is -0.260. The molecule has 0 radical (unpaired) electrons. The fraction of sp³-hybridized carbons (Fsp3) is 0.875. The minimum absolute atomic E-state index is 0.119. The smallest absolute Gasteiger partial charge is 0.320 e. The first-order valence-corrected chi connectivity index (χ1v) is 5.39. The Morgan fingerprint density at radius 3 is 2.77 bits per heavy atom. The van der Waals surface area contributed by atoms with Crippen LogP contribution in [0.15, 0.2) is 0 Å². The van der Waals surface area contributed by atoms with Crippen molar-refractivity contribution in [2.45, 2.75) is 25.5 Å². The van der Waals surface area contributed by atoms with Crippen LogP contribution in [0.3, 0.4) is 0 Å². The van der Waals surface area contributed by atoms with Gasteiger partial charge < -0.3 is 10.5 Å². The minimum Gasteiger partial charge on any atom is -0.463 e. The molecule has 0 aliphatic heterocycles. The molecule has 0 aliphatic rings. The average molecular weight is 206 g/mol. The van der Waals surface area contributed by atoms with Gasteiger partial charge in [0.05, 0.1) is 0 Å². The Morgan fingerprint density at radius 1 is 1.62 bits per heavy atom. The van der Waals surface area contributed by atoms with Crippen LogP contribution in [0.2, 0.25) is 0 Å². The number of carbonyl (C=O) groups excluding carboxylic acids is 1. The first-order valence-electron chi connectivity index (χ1n) is 4.51. The van der Waals surface area contributed by atoms with Crippen LogP contribution >= 0.6 is 11.9 Å². The molecule has 0 saturated carbocycles. The zero-order chi connectivity index (χ0) is 10.1. The normalized spacial score (nSPS) is 12.5. The van der Waals surface area contributed by atoms with E-state index in [2.05, 4.69) is 4.72 Å². The van der Waals surface area contributed by atoms with Crippen molar-refractivity contribution in [2.24, 2.45) is 5.73 Å². The number of rotatable bonds is 7. The second kappa shape index (κ2) is 8.34. The highest BCUT2D eigenvalue weighted by molar-refractivity contribution is 7.98. The van der Waals surface area contributed by atoms with Gasteiger partial charge in [-0.3, -0.25) is 9.52 Å². The van der Waals surface area contributed by atoms with E-state index in [9.17, 15) is 4.79 Å². The summed E-state index contributed by atoms with van der Waals surface area (Å²) in [5.41, 5.74) is 5.22. The lowest BCUT2D eigenvalue weighted by atomic mass is 10.3. The van der Waals surface area contributed by atoms with Crippen molar-refractivity contribution in [2.75, 3.05) is 19.7 Å². The van der Waals surface area contributed by atoms with Crippen LogP contribution < -0.4 is 10.5 Å². The molecule has 0 saturated heterocycles. The molecule has 0 rings (SSSR count). The van der Waals surface area contributed by atoms with Crippen LogP contribution in [0.5, 0.6) is 0 Å². The van der Waals surface area contributed by atoms with E-state index in [0.717, 1.165) is 13.0 Å². The van der Waals surface area contributed by atoms with Crippen LogP contribution in [0, 0.1) is 0 Å². The van der Waals surface area contributed by atoms with E-state index in [1.165, 1.54) is 11.9 Å². The van der Waals surface area contributed by atoms with E-state index in [1.54, 1.807) is 0 Å². The molecule has 0 aromatic rings. The van der Waals surface area contributed by atoms with Gasteiger partial charge in [0.1, 0.15) is 11.9 Å². The van der Waals surface area contributed by atoms with Crippen molar-refractivity contribution >= 4 is 17.9 Å². The summed E-state index contributed by atoms with van der Waals surface area (Å²) in [5.74, 6) is -0.182. The van der Waals surface area contributed by atoms with E-state index in [4.69, 9.17) is 10.5 Å². The number of hydrogen-bond donors (Lipinski definition) is 2. The van der Waals surface area contributed by atoms with Gasteiger partial charge in [0, 0.05) is 13.1 Å². The summed E-state index contributed by atoms with van der Waals surface area (Å²) in [5, 5.41) is -0.119. The van der Waals surface area contributed by atoms with Crippen LogP contribution in [0.25, 0.3) is 0 Å². The molecule has 1 atom stereocenters. The first kappa shape index (κ1) is 12.7.